The molecule has 1 unspecified atom stereocenters. The van der Waals surface area contributed by atoms with E-state index in [1.54, 1.807) is 29.2 Å². The van der Waals surface area contributed by atoms with Crippen LogP contribution in [-0.4, -0.2) is 65.5 Å². The second-order valence-electron chi connectivity index (χ2n) is 9.40. The van der Waals surface area contributed by atoms with Crippen molar-refractivity contribution in [3.05, 3.63) is 70.5 Å². The summed E-state index contributed by atoms with van der Waals surface area (Å²) in [4.78, 5) is 42.8. The van der Waals surface area contributed by atoms with Crippen LogP contribution >= 0.6 is 11.6 Å². The van der Waals surface area contributed by atoms with Crippen LogP contribution in [0.3, 0.4) is 0 Å². The molecule has 3 amide bonds. The number of hydrogen-bond acceptors (Lipinski definition) is 4. The van der Waals surface area contributed by atoms with Crippen LogP contribution in [0.15, 0.2) is 48.5 Å². The van der Waals surface area contributed by atoms with E-state index in [-0.39, 0.29) is 29.9 Å². The Morgan fingerprint density at radius 1 is 1.09 bits per heavy atom. The number of rotatable bonds is 5. The molecule has 0 bridgehead atoms. The summed E-state index contributed by atoms with van der Waals surface area (Å²) in [7, 11) is 0. The van der Waals surface area contributed by atoms with Crippen molar-refractivity contribution < 1.29 is 23.5 Å². The molecule has 2 aromatic rings. The molecule has 0 radical (unpaired) electrons. The zero-order valence-corrected chi connectivity index (χ0v) is 20.6. The van der Waals surface area contributed by atoms with E-state index in [0.29, 0.717) is 43.1 Å². The molecule has 1 spiro atoms. The average molecular weight is 502 g/mol. The number of piperidine rings is 1. The first kappa shape index (κ1) is 25.1. The summed E-state index contributed by atoms with van der Waals surface area (Å²) in [6.07, 6.45) is 0.695. The second-order valence-corrected chi connectivity index (χ2v) is 9.83. The van der Waals surface area contributed by atoms with Crippen LogP contribution in [0.5, 0.6) is 0 Å². The molecule has 1 atom stereocenters. The molecule has 2 aromatic carbocycles. The largest absolute Gasteiger partial charge is 0.354 e. The van der Waals surface area contributed by atoms with Gasteiger partial charge in [0, 0.05) is 48.6 Å². The van der Waals surface area contributed by atoms with Gasteiger partial charge >= 0.3 is 0 Å². The highest BCUT2D eigenvalue weighted by Crippen LogP contribution is 2.39. The van der Waals surface area contributed by atoms with Gasteiger partial charge in [-0.15, -0.1) is 0 Å². The monoisotopic (exact) mass is 501 g/mol. The Labute approximate surface area is 209 Å². The molecule has 2 fully saturated rings. The molecule has 2 heterocycles. The number of amides is 3. The number of likely N-dealkylation sites (tertiary alicyclic amines) is 1. The van der Waals surface area contributed by atoms with Crippen molar-refractivity contribution in [1.82, 2.24) is 15.1 Å². The van der Waals surface area contributed by atoms with E-state index < -0.39 is 23.5 Å². The summed E-state index contributed by atoms with van der Waals surface area (Å²) in [5.74, 6) is -1.04. The number of benzene rings is 2. The first-order valence-electron chi connectivity index (χ1n) is 11.8. The minimum atomic E-state index is -1.03. The van der Waals surface area contributed by atoms with Crippen LogP contribution in [0.4, 0.5) is 4.39 Å². The molecule has 35 heavy (non-hydrogen) atoms. The van der Waals surface area contributed by atoms with E-state index in [9.17, 15) is 18.8 Å². The summed E-state index contributed by atoms with van der Waals surface area (Å²) >= 11 is 6.04. The third kappa shape index (κ3) is 5.33. The number of carbonyl (C=O) groups excluding carboxylic acids is 3. The van der Waals surface area contributed by atoms with Crippen molar-refractivity contribution in [2.45, 2.75) is 38.5 Å². The van der Waals surface area contributed by atoms with Crippen molar-refractivity contribution in [3.63, 3.8) is 0 Å². The maximum Gasteiger partial charge on any atom is 0.256 e. The van der Waals surface area contributed by atoms with Gasteiger partial charge in [0.1, 0.15) is 17.6 Å². The number of ether oxygens (including phenoxy) is 1. The lowest BCUT2D eigenvalue weighted by molar-refractivity contribution is -0.128. The lowest BCUT2D eigenvalue weighted by Crippen LogP contribution is -2.60. The zero-order chi connectivity index (χ0) is 25.2. The van der Waals surface area contributed by atoms with Crippen LogP contribution in [0.2, 0.25) is 5.02 Å². The fourth-order valence-corrected chi connectivity index (χ4v) is 4.77. The van der Waals surface area contributed by atoms with Gasteiger partial charge in [-0.2, -0.15) is 0 Å². The van der Waals surface area contributed by atoms with Gasteiger partial charge in [-0.3, -0.25) is 19.3 Å². The molecule has 1 N–H and O–H groups in total. The lowest BCUT2D eigenvalue weighted by atomic mass is 9.96. The van der Waals surface area contributed by atoms with E-state index >= 15 is 0 Å². The third-order valence-electron chi connectivity index (χ3n) is 6.46. The number of halogens is 2. The Morgan fingerprint density at radius 3 is 2.40 bits per heavy atom. The highest BCUT2D eigenvalue weighted by atomic mass is 35.5. The molecule has 186 valence electrons. The topological polar surface area (TPSA) is 79.0 Å². The fraction of sp³-hybridized carbons (Fsp3) is 0.423. The molecule has 0 aliphatic carbocycles. The number of hydrogen-bond donors (Lipinski definition) is 1. The van der Waals surface area contributed by atoms with Crippen molar-refractivity contribution in [1.29, 1.82) is 0 Å². The molecular formula is C26H29ClFN3O4. The molecule has 2 saturated heterocycles. The highest BCUT2D eigenvalue weighted by Gasteiger charge is 2.54. The maximum atomic E-state index is 13.6. The summed E-state index contributed by atoms with van der Waals surface area (Å²) in [5.41, 5.74) is -0.266. The molecule has 2 aliphatic heterocycles. The van der Waals surface area contributed by atoms with E-state index in [2.05, 4.69) is 5.32 Å². The van der Waals surface area contributed by atoms with Gasteiger partial charge in [0.25, 0.3) is 11.8 Å². The van der Waals surface area contributed by atoms with Gasteiger partial charge < -0.3 is 15.0 Å². The van der Waals surface area contributed by atoms with E-state index in [0.717, 1.165) is 0 Å². The molecule has 2 aliphatic rings. The van der Waals surface area contributed by atoms with Gasteiger partial charge in [0.15, 0.2) is 0 Å². The number of nitrogens with zero attached hydrogens (tertiary/aromatic N) is 2. The molecule has 4 rings (SSSR count). The van der Waals surface area contributed by atoms with Crippen LogP contribution in [0.1, 0.15) is 47.4 Å². The van der Waals surface area contributed by atoms with Crippen molar-refractivity contribution in [2.75, 3.05) is 26.2 Å². The number of carbonyl (C=O) groups is 3. The Balaban J connectivity index is 1.56. The van der Waals surface area contributed by atoms with E-state index in [1.807, 2.05) is 13.8 Å². The van der Waals surface area contributed by atoms with Crippen molar-refractivity contribution >= 4 is 29.3 Å². The summed E-state index contributed by atoms with van der Waals surface area (Å²) in [6.45, 7) is 5.20. The Bertz CT molecular complexity index is 1100. The predicted octanol–water partition coefficient (Wildman–Crippen LogP) is 3.72. The summed E-state index contributed by atoms with van der Waals surface area (Å²) in [6, 6.07) is 11.2. The summed E-state index contributed by atoms with van der Waals surface area (Å²) < 4.78 is 19.6. The highest BCUT2D eigenvalue weighted by molar-refractivity contribution is 6.30. The maximum absolute atomic E-state index is 13.6. The standard InChI is InChI=1S/C26H29ClFN3O4/c1-17(2)15-29-23(32)22-16-35-26(31(22)25(34)18-6-8-21(28)9-7-18)10-12-30(13-11-26)24(33)19-4-3-5-20(27)14-19/h3-9,14,17,22H,10-13,15-16H2,1-2H3,(H,29,32). The van der Waals surface area contributed by atoms with Gasteiger partial charge in [-0.25, -0.2) is 4.39 Å². The van der Waals surface area contributed by atoms with Crippen LogP contribution in [0.25, 0.3) is 0 Å². The van der Waals surface area contributed by atoms with Gasteiger partial charge in [0.2, 0.25) is 5.91 Å². The third-order valence-corrected chi connectivity index (χ3v) is 6.70. The molecular weight excluding hydrogens is 473 g/mol. The minimum absolute atomic E-state index is 0.0547. The number of nitrogens with one attached hydrogen (secondary N) is 1. The van der Waals surface area contributed by atoms with Gasteiger partial charge in [0.05, 0.1) is 6.61 Å². The predicted molar refractivity (Wildman–Crippen MR) is 129 cm³/mol. The van der Waals surface area contributed by atoms with Crippen molar-refractivity contribution in [3.8, 4) is 0 Å². The Hall–Kier alpha value is -2.97. The lowest BCUT2D eigenvalue weighted by Gasteiger charge is -2.44. The van der Waals surface area contributed by atoms with Crippen LogP contribution in [-0.2, 0) is 9.53 Å². The Morgan fingerprint density at radius 2 is 1.77 bits per heavy atom. The molecule has 7 nitrogen and oxygen atoms in total. The first-order chi connectivity index (χ1) is 16.7. The molecule has 0 aromatic heterocycles. The minimum Gasteiger partial charge on any atom is -0.354 e. The van der Waals surface area contributed by atoms with Crippen LogP contribution in [0, 0.1) is 11.7 Å². The Kier molecular flexibility index (Phi) is 7.42. The molecule has 0 saturated carbocycles. The SMILES string of the molecule is CC(C)CNC(=O)C1COC2(CCN(C(=O)c3cccc(Cl)c3)CC2)N1C(=O)c1ccc(F)cc1. The second kappa shape index (κ2) is 10.3. The molecule has 9 heteroatoms. The van der Waals surface area contributed by atoms with E-state index in [1.165, 1.54) is 29.2 Å². The van der Waals surface area contributed by atoms with Crippen molar-refractivity contribution in [2.24, 2.45) is 5.92 Å². The summed E-state index contributed by atoms with van der Waals surface area (Å²) in [5, 5.41) is 3.38. The quantitative estimate of drug-likeness (QED) is 0.677. The van der Waals surface area contributed by atoms with Gasteiger partial charge in [-0.05, 0) is 48.4 Å². The first-order valence-corrected chi connectivity index (χ1v) is 12.1. The zero-order valence-electron chi connectivity index (χ0n) is 19.8. The van der Waals surface area contributed by atoms with Gasteiger partial charge in [-0.1, -0.05) is 31.5 Å². The average Bonchev–Trinajstić information content (AvgIpc) is 3.21. The van der Waals surface area contributed by atoms with Crippen LogP contribution < -0.4 is 5.32 Å². The fourth-order valence-electron chi connectivity index (χ4n) is 4.58. The normalized spacial score (nSPS) is 19.3. The van der Waals surface area contributed by atoms with E-state index in [4.69, 9.17) is 16.3 Å². The smallest absolute Gasteiger partial charge is 0.256 e.